The van der Waals surface area contributed by atoms with E-state index in [1.807, 2.05) is 53.4 Å². The van der Waals surface area contributed by atoms with E-state index in [1.54, 1.807) is 11.8 Å². The minimum absolute atomic E-state index is 0.192. The second-order valence-electron chi connectivity index (χ2n) is 5.88. The Kier molecular flexibility index (Phi) is 5.36. The van der Waals surface area contributed by atoms with E-state index in [1.165, 1.54) is 0 Å². The molecule has 3 nitrogen and oxygen atoms in total. The summed E-state index contributed by atoms with van der Waals surface area (Å²) < 4.78 is 0. The molecular weight excluding hydrogens is 304 g/mol. The van der Waals surface area contributed by atoms with Crippen molar-refractivity contribution in [1.29, 1.82) is 0 Å². The van der Waals surface area contributed by atoms with Crippen molar-refractivity contribution in [1.82, 2.24) is 4.90 Å². The smallest absolute Gasteiger partial charge is 0.240 e. The Morgan fingerprint density at radius 1 is 1.00 bits per heavy atom. The number of hydrogen-bond acceptors (Lipinski definition) is 3. The van der Waals surface area contributed by atoms with Gasteiger partial charge in [-0.15, -0.1) is 11.8 Å². The number of carbonyl (C=O) groups is 1. The van der Waals surface area contributed by atoms with E-state index < -0.39 is 0 Å². The van der Waals surface area contributed by atoms with Gasteiger partial charge in [0.2, 0.25) is 5.91 Å². The minimum atomic E-state index is -0.201. The molecule has 4 heteroatoms. The first-order valence-electron chi connectivity index (χ1n) is 8.05. The van der Waals surface area contributed by atoms with E-state index in [4.69, 9.17) is 5.73 Å². The molecule has 1 atom stereocenters. The average Bonchev–Trinajstić information content (AvgIpc) is 2.61. The van der Waals surface area contributed by atoms with Gasteiger partial charge in [-0.25, -0.2) is 0 Å². The Labute approximate surface area is 141 Å². The van der Waals surface area contributed by atoms with Crippen molar-refractivity contribution in [2.24, 2.45) is 5.73 Å². The first-order valence-corrected chi connectivity index (χ1v) is 8.93. The summed E-state index contributed by atoms with van der Waals surface area (Å²) in [6.45, 7) is 1.53. The number of benzene rings is 2. The number of nitrogens with two attached hydrogens (primary N) is 1. The van der Waals surface area contributed by atoms with Crippen molar-refractivity contribution < 1.29 is 4.79 Å². The molecule has 2 aromatic rings. The number of amides is 1. The molecule has 0 spiro atoms. The van der Waals surface area contributed by atoms with E-state index in [0.717, 1.165) is 36.4 Å². The summed E-state index contributed by atoms with van der Waals surface area (Å²) in [7, 11) is 0. The molecule has 0 radical (unpaired) electrons. The molecule has 1 aliphatic rings. The van der Waals surface area contributed by atoms with Crippen LogP contribution in [0.5, 0.6) is 0 Å². The lowest BCUT2D eigenvalue weighted by Crippen LogP contribution is -2.44. The Balaban J connectivity index is 1.81. The Bertz CT molecular complexity index is 624. The van der Waals surface area contributed by atoms with Gasteiger partial charge in [-0.3, -0.25) is 4.79 Å². The molecule has 120 valence electrons. The third-order valence-electron chi connectivity index (χ3n) is 4.18. The van der Waals surface area contributed by atoms with Gasteiger partial charge >= 0.3 is 0 Å². The standard InChI is InChI=1S/C19H22N2OS/c20-16-11-13-21(14-12-16)19(22)18(15-7-3-1-4-8-15)23-17-9-5-2-6-10-17/h1-10,16,18H,11-14,20H2. The molecule has 1 heterocycles. The highest BCUT2D eigenvalue weighted by Gasteiger charge is 2.29. The first kappa shape index (κ1) is 16.1. The highest BCUT2D eigenvalue weighted by Crippen LogP contribution is 2.37. The Hall–Kier alpha value is -1.78. The van der Waals surface area contributed by atoms with Crippen LogP contribution in [0, 0.1) is 0 Å². The SMILES string of the molecule is NC1CCN(C(=O)C(Sc2ccccc2)c2ccccc2)CC1. The summed E-state index contributed by atoms with van der Waals surface area (Å²) in [5.41, 5.74) is 7.02. The fraction of sp³-hybridized carbons (Fsp3) is 0.316. The van der Waals surface area contributed by atoms with Gasteiger partial charge in [0.25, 0.3) is 0 Å². The third-order valence-corrected chi connectivity index (χ3v) is 5.43. The lowest BCUT2D eigenvalue weighted by atomic mass is 10.0. The van der Waals surface area contributed by atoms with Crippen molar-refractivity contribution in [2.45, 2.75) is 29.0 Å². The quantitative estimate of drug-likeness (QED) is 0.875. The molecule has 0 saturated carbocycles. The van der Waals surface area contributed by atoms with Crippen molar-refractivity contribution in [3.05, 3.63) is 66.2 Å². The molecule has 0 bridgehead atoms. The summed E-state index contributed by atoms with van der Waals surface area (Å²) >= 11 is 1.62. The van der Waals surface area contributed by atoms with Gasteiger partial charge in [0.15, 0.2) is 0 Å². The fourth-order valence-corrected chi connectivity index (χ4v) is 3.94. The van der Waals surface area contributed by atoms with Gasteiger partial charge in [-0.05, 0) is 30.5 Å². The van der Waals surface area contributed by atoms with Crippen LogP contribution in [0.25, 0.3) is 0 Å². The maximum atomic E-state index is 13.1. The van der Waals surface area contributed by atoms with E-state index in [-0.39, 0.29) is 17.2 Å². The van der Waals surface area contributed by atoms with Crippen LogP contribution in [0.15, 0.2) is 65.6 Å². The number of nitrogens with zero attached hydrogens (tertiary/aromatic N) is 1. The minimum Gasteiger partial charge on any atom is -0.341 e. The number of rotatable bonds is 4. The molecule has 2 N–H and O–H groups in total. The predicted octanol–water partition coefficient (Wildman–Crippen LogP) is 3.47. The second kappa shape index (κ2) is 7.66. The summed E-state index contributed by atoms with van der Waals surface area (Å²) in [6, 6.07) is 20.4. The zero-order valence-electron chi connectivity index (χ0n) is 13.1. The van der Waals surface area contributed by atoms with Crippen LogP contribution < -0.4 is 5.73 Å². The molecule has 2 aromatic carbocycles. The number of piperidine rings is 1. The highest BCUT2D eigenvalue weighted by atomic mass is 32.2. The second-order valence-corrected chi connectivity index (χ2v) is 7.06. The number of thioether (sulfide) groups is 1. The highest BCUT2D eigenvalue weighted by molar-refractivity contribution is 8.00. The van der Waals surface area contributed by atoms with Gasteiger partial charge in [0, 0.05) is 24.0 Å². The number of carbonyl (C=O) groups excluding carboxylic acids is 1. The maximum absolute atomic E-state index is 13.1. The van der Waals surface area contributed by atoms with Crippen molar-refractivity contribution in [3.63, 3.8) is 0 Å². The molecule has 1 saturated heterocycles. The van der Waals surface area contributed by atoms with Crippen LogP contribution in [0.2, 0.25) is 0 Å². The Morgan fingerprint density at radius 2 is 1.57 bits per heavy atom. The molecule has 3 rings (SSSR count). The van der Waals surface area contributed by atoms with Crippen LogP contribution in [-0.4, -0.2) is 29.9 Å². The van der Waals surface area contributed by atoms with Crippen LogP contribution in [0.3, 0.4) is 0 Å². The molecule has 0 aliphatic carbocycles. The number of hydrogen-bond donors (Lipinski definition) is 1. The summed E-state index contributed by atoms with van der Waals surface area (Å²) in [6.07, 6.45) is 1.78. The van der Waals surface area contributed by atoms with Crippen molar-refractivity contribution >= 4 is 17.7 Å². The zero-order chi connectivity index (χ0) is 16.1. The average molecular weight is 326 g/mol. The number of likely N-dealkylation sites (tertiary alicyclic amines) is 1. The van der Waals surface area contributed by atoms with Crippen molar-refractivity contribution in [3.8, 4) is 0 Å². The van der Waals surface area contributed by atoms with Gasteiger partial charge in [0.05, 0.1) is 0 Å². The molecular formula is C19H22N2OS. The topological polar surface area (TPSA) is 46.3 Å². The largest absolute Gasteiger partial charge is 0.341 e. The third kappa shape index (κ3) is 4.15. The first-order chi connectivity index (χ1) is 11.2. The maximum Gasteiger partial charge on any atom is 0.240 e. The zero-order valence-corrected chi connectivity index (χ0v) is 13.9. The predicted molar refractivity (Wildman–Crippen MR) is 95.3 cm³/mol. The van der Waals surface area contributed by atoms with E-state index >= 15 is 0 Å². The summed E-state index contributed by atoms with van der Waals surface area (Å²) in [5, 5.41) is -0.201. The van der Waals surface area contributed by atoms with Gasteiger partial charge in [-0.1, -0.05) is 48.5 Å². The van der Waals surface area contributed by atoms with Crippen LogP contribution in [-0.2, 0) is 4.79 Å². The van der Waals surface area contributed by atoms with Crippen LogP contribution in [0.1, 0.15) is 23.7 Å². The van der Waals surface area contributed by atoms with Gasteiger partial charge in [-0.2, -0.15) is 0 Å². The normalized spacial score (nSPS) is 17.0. The molecule has 0 aromatic heterocycles. The summed E-state index contributed by atoms with van der Waals surface area (Å²) in [4.78, 5) is 16.2. The summed E-state index contributed by atoms with van der Waals surface area (Å²) in [5.74, 6) is 0.192. The van der Waals surface area contributed by atoms with E-state index in [9.17, 15) is 4.79 Å². The van der Waals surface area contributed by atoms with Gasteiger partial charge < -0.3 is 10.6 Å². The molecule has 23 heavy (non-hydrogen) atoms. The fourth-order valence-electron chi connectivity index (χ4n) is 2.81. The van der Waals surface area contributed by atoms with Gasteiger partial charge in [0.1, 0.15) is 5.25 Å². The lowest BCUT2D eigenvalue weighted by molar-refractivity contribution is -0.131. The Morgan fingerprint density at radius 3 is 2.17 bits per heavy atom. The van der Waals surface area contributed by atoms with E-state index in [2.05, 4.69) is 12.1 Å². The van der Waals surface area contributed by atoms with E-state index in [0.29, 0.717) is 0 Å². The molecule has 1 aliphatic heterocycles. The monoisotopic (exact) mass is 326 g/mol. The molecule has 1 amide bonds. The van der Waals surface area contributed by atoms with Crippen molar-refractivity contribution in [2.75, 3.05) is 13.1 Å². The lowest BCUT2D eigenvalue weighted by Gasteiger charge is -2.33. The van der Waals surface area contributed by atoms with Crippen LogP contribution >= 0.6 is 11.8 Å². The molecule has 1 unspecified atom stereocenters. The molecule has 1 fully saturated rings. The van der Waals surface area contributed by atoms with Crippen LogP contribution in [0.4, 0.5) is 0 Å².